The predicted molar refractivity (Wildman–Crippen MR) is 101 cm³/mol. The van der Waals surface area contributed by atoms with Crippen molar-refractivity contribution in [1.29, 1.82) is 0 Å². The Labute approximate surface area is 147 Å². The largest absolute Gasteiger partial charge is 0.326 e. The lowest BCUT2D eigenvalue weighted by molar-refractivity contribution is -0.118. The summed E-state index contributed by atoms with van der Waals surface area (Å²) in [5.41, 5.74) is 3.31. The van der Waals surface area contributed by atoms with E-state index in [2.05, 4.69) is 27.8 Å². The molecule has 1 saturated carbocycles. The molecule has 1 amide bonds. The number of anilines is 1. The smallest absolute Gasteiger partial charge is 0.226 e. The number of thioether (sulfide) groups is 1. The van der Waals surface area contributed by atoms with Gasteiger partial charge in [-0.3, -0.25) is 9.79 Å². The van der Waals surface area contributed by atoms with Crippen LogP contribution >= 0.6 is 11.8 Å². The molecule has 0 unspecified atom stereocenters. The van der Waals surface area contributed by atoms with Gasteiger partial charge < -0.3 is 10.2 Å². The highest BCUT2D eigenvalue weighted by molar-refractivity contribution is 8.16. The number of hydrogen-bond donors (Lipinski definition) is 1. The number of hydrogen-bond acceptors (Lipinski definition) is 4. The molecule has 0 bridgehead atoms. The number of aliphatic imine (C=N–C) groups is 1. The van der Waals surface area contributed by atoms with Gasteiger partial charge in [-0.05, 0) is 30.5 Å². The average Bonchev–Trinajstić information content (AvgIpc) is 3.14. The van der Waals surface area contributed by atoms with Gasteiger partial charge >= 0.3 is 0 Å². The second-order valence-corrected chi connectivity index (χ2v) is 7.88. The van der Waals surface area contributed by atoms with Crippen molar-refractivity contribution in [2.24, 2.45) is 10.9 Å². The second-order valence-electron chi connectivity index (χ2n) is 7.04. The molecule has 4 nitrogen and oxygen atoms in total. The molecule has 0 spiro atoms. The van der Waals surface area contributed by atoms with Crippen molar-refractivity contribution in [2.75, 3.05) is 5.32 Å². The molecule has 0 aromatic heterocycles. The van der Waals surface area contributed by atoms with Crippen LogP contribution in [0.3, 0.4) is 0 Å². The topological polar surface area (TPSA) is 44.7 Å². The predicted octanol–water partition coefficient (Wildman–Crippen LogP) is 4.31. The summed E-state index contributed by atoms with van der Waals surface area (Å²) in [4.78, 5) is 19.2. The number of carbonyl (C=O) groups excluding carboxylic acids is 1. The number of benzene rings is 1. The first-order chi connectivity index (χ1) is 11.6. The van der Waals surface area contributed by atoms with Crippen LogP contribution in [-0.4, -0.2) is 28.1 Å². The van der Waals surface area contributed by atoms with Gasteiger partial charge in [0.15, 0.2) is 5.17 Å². The Morgan fingerprint density at radius 3 is 2.75 bits per heavy atom. The first-order valence-corrected chi connectivity index (χ1v) is 9.66. The monoisotopic (exact) mass is 341 g/mol. The molecule has 1 aliphatic carbocycles. The van der Waals surface area contributed by atoms with Crippen LogP contribution in [0.2, 0.25) is 0 Å². The van der Waals surface area contributed by atoms with E-state index in [0.717, 1.165) is 5.69 Å². The van der Waals surface area contributed by atoms with E-state index in [-0.39, 0.29) is 11.8 Å². The van der Waals surface area contributed by atoms with E-state index >= 15 is 0 Å². The summed E-state index contributed by atoms with van der Waals surface area (Å²) >= 11 is 1.74. The summed E-state index contributed by atoms with van der Waals surface area (Å²) in [6.45, 7) is 3.80. The van der Waals surface area contributed by atoms with E-state index in [0.29, 0.717) is 12.1 Å². The molecule has 0 saturated heterocycles. The molecule has 5 heteroatoms. The summed E-state index contributed by atoms with van der Waals surface area (Å²) < 4.78 is 0. The number of nitrogens with one attached hydrogen (secondary N) is 1. The fourth-order valence-corrected chi connectivity index (χ4v) is 4.65. The Morgan fingerprint density at radius 1 is 1.25 bits per heavy atom. The Bertz CT molecular complexity index is 708. The molecule has 2 aliphatic heterocycles. The highest BCUT2D eigenvalue weighted by Gasteiger charge is 2.42. The molecule has 2 atom stereocenters. The normalized spacial score (nSPS) is 25.2. The highest BCUT2D eigenvalue weighted by Crippen LogP contribution is 2.44. The van der Waals surface area contributed by atoms with Gasteiger partial charge in [0, 0.05) is 17.0 Å². The fourth-order valence-electron chi connectivity index (χ4n) is 3.64. The van der Waals surface area contributed by atoms with Crippen molar-refractivity contribution in [1.82, 2.24) is 4.90 Å². The van der Waals surface area contributed by atoms with Gasteiger partial charge in [-0.1, -0.05) is 50.6 Å². The summed E-state index contributed by atoms with van der Waals surface area (Å²) in [7, 11) is 0. The molecular formula is C19H23N3OS. The van der Waals surface area contributed by atoms with Crippen LogP contribution in [-0.2, 0) is 4.79 Å². The minimum absolute atomic E-state index is 0.00905. The van der Waals surface area contributed by atoms with Gasteiger partial charge in [-0.15, -0.1) is 0 Å². The SMILES string of the molecule is CC(C)C(=O)Nc1ccc(C2=CSC3=N[C@@H]4CCCC[C@@H]4N23)cc1. The molecule has 1 aromatic rings. The number of rotatable bonds is 3. The Kier molecular flexibility index (Phi) is 4.12. The highest BCUT2D eigenvalue weighted by atomic mass is 32.2. The maximum absolute atomic E-state index is 11.8. The van der Waals surface area contributed by atoms with Crippen LogP contribution in [0, 0.1) is 5.92 Å². The lowest BCUT2D eigenvalue weighted by Gasteiger charge is -2.32. The molecular weight excluding hydrogens is 318 g/mol. The van der Waals surface area contributed by atoms with Crippen molar-refractivity contribution >= 4 is 34.2 Å². The summed E-state index contributed by atoms with van der Waals surface area (Å²) in [6.07, 6.45) is 5.06. The van der Waals surface area contributed by atoms with Crippen molar-refractivity contribution in [3.63, 3.8) is 0 Å². The van der Waals surface area contributed by atoms with Crippen LogP contribution in [0.15, 0.2) is 34.7 Å². The van der Waals surface area contributed by atoms with Crippen molar-refractivity contribution < 1.29 is 4.79 Å². The van der Waals surface area contributed by atoms with Crippen LogP contribution in [0.5, 0.6) is 0 Å². The molecule has 24 heavy (non-hydrogen) atoms. The minimum atomic E-state index is -0.00905. The maximum atomic E-state index is 11.8. The molecule has 1 aromatic carbocycles. The van der Waals surface area contributed by atoms with Gasteiger partial charge in [0.2, 0.25) is 5.91 Å². The third kappa shape index (κ3) is 2.75. The quantitative estimate of drug-likeness (QED) is 0.891. The molecule has 2 heterocycles. The van der Waals surface area contributed by atoms with Crippen molar-refractivity contribution in [2.45, 2.75) is 51.6 Å². The molecule has 0 radical (unpaired) electrons. The Balaban J connectivity index is 1.52. The lowest BCUT2D eigenvalue weighted by atomic mass is 9.90. The molecule has 1 N–H and O–H groups in total. The third-order valence-corrected chi connectivity index (χ3v) is 5.87. The van der Waals surface area contributed by atoms with E-state index < -0.39 is 0 Å². The van der Waals surface area contributed by atoms with E-state index in [1.165, 1.54) is 42.1 Å². The number of fused-ring (bicyclic) bond motifs is 3. The molecule has 3 aliphatic rings. The summed E-state index contributed by atoms with van der Waals surface area (Å²) in [6, 6.07) is 9.20. The fraction of sp³-hybridized carbons (Fsp3) is 0.474. The minimum Gasteiger partial charge on any atom is -0.326 e. The summed E-state index contributed by atoms with van der Waals surface area (Å²) in [5, 5.41) is 6.33. The van der Waals surface area contributed by atoms with E-state index in [4.69, 9.17) is 4.99 Å². The number of amides is 1. The molecule has 4 rings (SSSR count). The summed E-state index contributed by atoms with van der Waals surface area (Å²) in [5.74, 6) is 0.0441. The Morgan fingerprint density at radius 2 is 2.00 bits per heavy atom. The van der Waals surface area contributed by atoms with E-state index in [1.807, 2.05) is 26.0 Å². The number of amidine groups is 1. The van der Waals surface area contributed by atoms with Crippen LogP contribution in [0.1, 0.15) is 45.1 Å². The number of nitrogens with zero attached hydrogens (tertiary/aromatic N) is 2. The van der Waals surface area contributed by atoms with Gasteiger partial charge in [0.1, 0.15) is 0 Å². The first kappa shape index (κ1) is 15.8. The zero-order valence-electron chi connectivity index (χ0n) is 14.2. The van der Waals surface area contributed by atoms with Crippen LogP contribution in [0.25, 0.3) is 5.70 Å². The zero-order valence-corrected chi connectivity index (χ0v) is 15.0. The van der Waals surface area contributed by atoms with Gasteiger partial charge in [0.25, 0.3) is 0 Å². The lowest BCUT2D eigenvalue weighted by Crippen LogP contribution is -2.38. The first-order valence-electron chi connectivity index (χ1n) is 8.78. The van der Waals surface area contributed by atoms with E-state index in [1.54, 1.807) is 11.8 Å². The van der Waals surface area contributed by atoms with Gasteiger partial charge in [-0.25, -0.2) is 0 Å². The van der Waals surface area contributed by atoms with E-state index in [9.17, 15) is 4.79 Å². The third-order valence-electron chi connectivity index (χ3n) is 5.02. The van der Waals surface area contributed by atoms with Crippen molar-refractivity contribution in [3.8, 4) is 0 Å². The van der Waals surface area contributed by atoms with Crippen LogP contribution < -0.4 is 5.32 Å². The average molecular weight is 341 g/mol. The van der Waals surface area contributed by atoms with Gasteiger partial charge in [0.05, 0.1) is 17.8 Å². The van der Waals surface area contributed by atoms with Gasteiger partial charge in [-0.2, -0.15) is 0 Å². The number of carbonyl (C=O) groups is 1. The van der Waals surface area contributed by atoms with Crippen molar-refractivity contribution in [3.05, 3.63) is 35.2 Å². The standard InChI is InChI=1S/C19H23N3OS/c1-12(2)18(23)20-14-9-7-13(8-10-14)17-11-24-19-21-15-5-3-4-6-16(15)22(17)19/h7-12,15-16H,3-6H2,1-2H3,(H,20,23)/t15-,16+/m1/s1. The maximum Gasteiger partial charge on any atom is 0.226 e. The molecule has 126 valence electrons. The molecule has 1 fully saturated rings. The van der Waals surface area contributed by atoms with Crippen LogP contribution in [0.4, 0.5) is 5.69 Å². The Hall–Kier alpha value is -1.75. The second kappa shape index (κ2) is 6.28. The zero-order chi connectivity index (χ0) is 16.7.